The summed E-state index contributed by atoms with van der Waals surface area (Å²) < 4.78 is 1.65. The first kappa shape index (κ1) is 18.1. The van der Waals surface area contributed by atoms with Crippen molar-refractivity contribution in [1.29, 1.82) is 0 Å². The number of fused-ring (bicyclic) bond motifs is 1. The molecule has 1 unspecified atom stereocenters. The van der Waals surface area contributed by atoms with Gasteiger partial charge >= 0.3 is 5.56 Å². The summed E-state index contributed by atoms with van der Waals surface area (Å²) in [6, 6.07) is 16.7. The third kappa shape index (κ3) is 3.32. The molecule has 7 heteroatoms. The lowest BCUT2D eigenvalue weighted by Gasteiger charge is -2.15. The Balaban J connectivity index is 1.72. The highest BCUT2D eigenvalue weighted by molar-refractivity contribution is 7.15. The minimum atomic E-state index is -0.417. The second-order valence-electron chi connectivity index (χ2n) is 6.50. The Morgan fingerprint density at radius 1 is 1.11 bits per heavy atom. The van der Waals surface area contributed by atoms with Crippen LogP contribution in [0.15, 0.2) is 64.8 Å². The maximum atomic E-state index is 12.8. The lowest BCUT2D eigenvalue weighted by atomic mass is 10.00. The van der Waals surface area contributed by atoms with Crippen LogP contribution in [-0.2, 0) is 4.79 Å². The molecule has 0 aliphatic rings. The van der Waals surface area contributed by atoms with Crippen molar-refractivity contribution < 1.29 is 4.79 Å². The molecule has 1 N–H and O–H groups in total. The number of aryl methyl sites for hydroxylation is 1. The molecule has 140 valence electrons. The maximum Gasteiger partial charge on any atom is 0.300 e. The minimum absolute atomic E-state index is 0.153. The van der Waals surface area contributed by atoms with Crippen LogP contribution in [0.5, 0.6) is 0 Å². The average molecular weight is 390 g/mol. The number of nitrogens with one attached hydrogen (secondary N) is 1. The molecule has 4 rings (SSSR count). The molecule has 6 nitrogen and oxygen atoms in total. The molecule has 1 amide bonds. The predicted octanol–water partition coefficient (Wildman–Crippen LogP) is 3.87. The van der Waals surface area contributed by atoms with Gasteiger partial charge in [0, 0.05) is 10.9 Å². The van der Waals surface area contributed by atoms with E-state index in [0.29, 0.717) is 16.2 Å². The monoisotopic (exact) mass is 390 g/mol. The van der Waals surface area contributed by atoms with Gasteiger partial charge in [-0.3, -0.25) is 9.59 Å². The fourth-order valence-electron chi connectivity index (χ4n) is 2.97. The van der Waals surface area contributed by atoms with Crippen LogP contribution in [0.1, 0.15) is 24.1 Å². The summed E-state index contributed by atoms with van der Waals surface area (Å²) in [5, 5.41) is 9.31. The summed E-state index contributed by atoms with van der Waals surface area (Å²) in [4.78, 5) is 30.0. The summed E-state index contributed by atoms with van der Waals surface area (Å²) in [6.07, 6.45) is 0. The molecule has 4 aromatic rings. The molecule has 0 bridgehead atoms. The molecule has 0 aliphatic heterocycles. The highest BCUT2D eigenvalue weighted by Crippen LogP contribution is 2.26. The molecule has 0 fully saturated rings. The number of anilines is 1. The second kappa shape index (κ2) is 7.36. The summed E-state index contributed by atoms with van der Waals surface area (Å²) in [7, 11) is 0. The molecule has 0 saturated heterocycles. The van der Waals surface area contributed by atoms with Gasteiger partial charge in [-0.15, -0.1) is 11.3 Å². The molecule has 2 heterocycles. The van der Waals surface area contributed by atoms with E-state index in [2.05, 4.69) is 15.4 Å². The third-order valence-corrected chi connectivity index (χ3v) is 5.52. The van der Waals surface area contributed by atoms with Gasteiger partial charge in [-0.2, -0.15) is 10.1 Å². The van der Waals surface area contributed by atoms with E-state index in [4.69, 9.17) is 0 Å². The van der Waals surface area contributed by atoms with E-state index in [1.165, 1.54) is 11.3 Å². The van der Waals surface area contributed by atoms with E-state index in [1.807, 2.05) is 61.7 Å². The highest BCUT2D eigenvalue weighted by Gasteiger charge is 2.19. The van der Waals surface area contributed by atoms with Crippen molar-refractivity contribution >= 4 is 27.9 Å². The normalized spacial score (nSPS) is 12.1. The van der Waals surface area contributed by atoms with E-state index >= 15 is 0 Å². The number of aromatic nitrogens is 3. The van der Waals surface area contributed by atoms with Crippen LogP contribution in [0.2, 0.25) is 0 Å². The van der Waals surface area contributed by atoms with E-state index in [-0.39, 0.29) is 17.5 Å². The number of hydrogen-bond donors (Lipinski definition) is 1. The fourth-order valence-corrected chi connectivity index (χ4v) is 3.76. The summed E-state index contributed by atoms with van der Waals surface area (Å²) >= 11 is 1.37. The molecule has 0 saturated carbocycles. The highest BCUT2D eigenvalue weighted by atomic mass is 32.1. The SMILES string of the molecule is Cc1csc2nc(=O)c(-c3ccccc3NC(=O)C(C)c3ccccc3)nn12. The zero-order chi connectivity index (χ0) is 19.7. The Labute approximate surface area is 165 Å². The summed E-state index contributed by atoms with van der Waals surface area (Å²) in [5.41, 5.74) is 2.70. The van der Waals surface area contributed by atoms with Gasteiger partial charge in [0.05, 0.1) is 17.3 Å². The topological polar surface area (TPSA) is 76.4 Å². The van der Waals surface area contributed by atoms with Crippen LogP contribution in [0.4, 0.5) is 5.69 Å². The van der Waals surface area contributed by atoms with Crippen molar-refractivity contribution in [2.45, 2.75) is 19.8 Å². The number of amides is 1. The van der Waals surface area contributed by atoms with Crippen LogP contribution < -0.4 is 10.9 Å². The molecule has 0 aliphatic carbocycles. The standard InChI is InChI=1S/C21H18N4O2S/c1-13-12-28-21-23-20(27)18(24-25(13)21)16-10-6-7-11-17(16)22-19(26)14(2)15-8-4-3-5-9-15/h3-12,14H,1-2H3,(H,22,26). The van der Waals surface area contributed by atoms with Crippen LogP contribution in [0, 0.1) is 6.92 Å². The average Bonchev–Trinajstić information content (AvgIpc) is 3.07. The van der Waals surface area contributed by atoms with Gasteiger partial charge in [-0.1, -0.05) is 48.5 Å². The second-order valence-corrected chi connectivity index (χ2v) is 7.34. The van der Waals surface area contributed by atoms with E-state index in [9.17, 15) is 9.59 Å². The van der Waals surface area contributed by atoms with Crippen LogP contribution >= 0.6 is 11.3 Å². The number of rotatable bonds is 4. The van der Waals surface area contributed by atoms with Crippen molar-refractivity contribution in [2.75, 3.05) is 5.32 Å². The Morgan fingerprint density at radius 3 is 2.61 bits per heavy atom. The molecule has 2 aromatic heterocycles. The number of thiazole rings is 1. The van der Waals surface area contributed by atoms with E-state index in [1.54, 1.807) is 16.6 Å². The minimum Gasteiger partial charge on any atom is -0.325 e. The Bertz CT molecular complexity index is 1210. The summed E-state index contributed by atoms with van der Waals surface area (Å²) in [5.74, 6) is -0.484. The van der Waals surface area contributed by atoms with Crippen molar-refractivity contribution in [1.82, 2.24) is 14.6 Å². The Morgan fingerprint density at radius 2 is 1.82 bits per heavy atom. The number of carbonyl (C=O) groups is 1. The largest absolute Gasteiger partial charge is 0.325 e. The third-order valence-electron chi connectivity index (χ3n) is 4.58. The van der Waals surface area contributed by atoms with Gasteiger partial charge < -0.3 is 5.32 Å². The van der Waals surface area contributed by atoms with Gasteiger partial charge in [0.2, 0.25) is 10.9 Å². The smallest absolute Gasteiger partial charge is 0.300 e. The lowest BCUT2D eigenvalue weighted by molar-refractivity contribution is -0.117. The van der Waals surface area contributed by atoms with Crippen LogP contribution in [0.25, 0.3) is 16.2 Å². The van der Waals surface area contributed by atoms with E-state index in [0.717, 1.165) is 11.3 Å². The van der Waals surface area contributed by atoms with Gasteiger partial charge in [0.1, 0.15) is 0 Å². The molecule has 1 atom stereocenters. The van der Waals surface area contributed by atoms with Crippen molar-refractivity contribution in [2.24, 2.45) is 0 Å². The first-order valence-corrected chi connectivity index (χ1v) is 9.73. The first-order valence-electron chi connectivity index (χ1n) is 8.85. The van der Waals surface area contributed by atoms with E-state index < -0.39 is 5.56 Å². The number of carbonyl (C=O) groups excluding carboxylic acids is 1. The molecule has 0 radical (unpaired) electrons. The van der Waals surface area contributed by atoms with Crippen LogP contribution in [0.3, 0.4) is 0 Å². The quantitative estimate of drug-likeness (QED) is 0.574. The summed E-state index contributed by atoms with van der Waals surface area (Å²) in [6.45, 7) is 3.75. The van der Waals surface area contributed by atoms with Crippen molar-refractivity contribution in [3.63, 3.8) is 0 Å². The predicted molar refractivity (Wildman–Crippen MR) is 111 cm³/mol. The molecule has 28 heavy (non-hydrogen) atoms. The number of nitrogens with zero attached hydrogens (tertiary/aromatic N) is 3. The van der Waals surface area contributed by atoms with Crippen molar-refractivity contribution in [3.8, 4) is 11.3 Å². The zero-order valence-electron chi connectivity index (χ0n) is 15.4. The molecule has 2 aromatic carbocycles. The lowest BCUT2D eigenvalue weighted by Crippen LogP contribution is -2.21. The molecular formula is C21H18N4O2S. The zero-order valence-corrected chi connectivity index (χ0v) is 16.2. The molecule has 0 spiro atoms. The Hall–Kier alpha value is -3.32. The van der Waals surface area contributed by atoms with Gasteiger partial charge in [-0.25, -0.2) is 4.52 Å². The maximum absolute atomic E-state index is 12.8. The first-order chi connectivity index (χ1) is 13.5. The van der Waals surface area contributed by atoms with Gasteiger partial charge in [0.15, 0.2) is 5.69 Å². The van der Waals surface area contributed by atoms with Gasteiger partial charge in [0.25, 0.3) is 0 Å². The number of para-hydroxylation sites is 1. The fraction of sp³-hybridized carbons (Fsp3) is 0.143. The number of hydrogen-bond acceptors (Lipinski definition) is 5. The number of benzene rings is 2. The van der Waals surface area contributed by atoms with Gasteiger partial charge in [-0.05, 0) is 25.5 Å². The van der Waals surface area contributed by atoms with Crippen molar-refractivity contribution in [3.05, 3.63) is 81.6 Å². The molecular weight excluding hydrogens is 372 g/mol. The Kier molecular flexibility index (Phi) is 4.75. The van der Waals surface area contributed by atoms with Crippen LogP contribution in [-0.4, -0.2) is 20.5 Å².